The first kappa shape index (κ1) is 22.6. The lowest BCUT2D eigenvalue weighted by molar-refractivity contribution is -0.132. The molecule has 33 heavy (non-hydrogen) atoms. The Morgan fingerprint density at radius 1 is 1.09 bits per heavy atom. The fourth-order valence-electron chi connectivity index (χ4n) is 3.14. The Balaban J connectivity index is 1.21. The lowest BCUT2D eigenvalue weighted by Gasteiger charge is -2.10. The van der Waals surface area contributed by atoms with Crippen LogP contribution >= 0.6 is 23.1 Å². The van der Waals surface area contributed by atoms with Gasteiger partial charge in [0.05, 0.1) is 23.9 Å². The van der Waals surface area contributed by atoms with Crippen molar-refractivity contribution in [2.45, 2.75) is 29.4 Å². The standard InChI is InChI=1S/C23H20N6O2S2/c24-14-16-6-8-17(9-7-16)15-32-23-27-26-22(33-23)25-20(30)10-11-21(31)29-13-12-19(28-29)18-4-2-1-3-5-18/h1-9H,10-13,15H2,(H,25,26,30). The Hall–Kier alpha value is -3.55. The van der Waals surface area contributed by atoms with Crippen LogP contribution in [0.1, 0.15) is 36.0 Å². The zero-order valence-corrected chi connectivity index (χ0v) is 19.2. The van der Waals surface area contributed by atoms with E-state index in [9.17, 15) is 9.59 Å². The first-order valence-electron chi connectivity index (χ1n) is 10.3. The van der Waals surface area contributed by atoms with Gasteiger partial charge in [0.25, 0.3) is 0 Å². The minimum Gasteiger partial charge on any atom is -0.300 e. The van der Waals surface area contributed by atoms with Gasteiger partial charge in [0, 0.05) is 25.0 Å². The van der Waals surface area contributed by atoms with E-state index in [1.807, 2.05) is 42.5 Å². The molecule has 166 valence electrons. The summed E-state index contributed by atoms with van der Waals surface area (Å²) in [5.74, 6) is 0.228. The van der Waals surface area contributed by atoms with Gasteiger partial charge in [-0.3, -0.25) is 9.59 Å². The summed E-state index contributed by atoms with van der Waals surface area (Å²) in [6, 6.07) is 19.2. The normalized spacial score (nSPS) is 12.8. The largest absolute Gasteiger partial charge is 0.300 e. The molecule has 1 aliphatic rings. The monoisotopic (exact) mass is 476 g/mol. The SMILES string of the molecule is N#Cc1ccc(CSc2nnc(NC(=O)CCC(=O)N3CCC(c4ccccc4)=N3)s2)cc1. The van der Waals surface area contributed by atoms with Gasteiger partial charge in [-0.25, -0.2) is 5.01 Å². The minimum absolute atomic E-state index is 0.0544. The lowest BCUT2D eigenvalue weighted by atomic mass is 10.1. The maximum absolute atomic E-state index is 12.4. The maximum atomic E-state index is 12.4. The van der Waals surface area contributed by atoms with Gasteiger partial charge in [-0.15, -0.1) is 10.2 Å². The Labute approximate surface area is 199 Å². The van der Waals surface area contributed by atoms with Crippen LogP contribution in [0, 0.1) is 11.3 Å². The second-order valence-corrected chi connectivity index (χ2v) is 9.40. The highest BCUT2D eigenvalue weighted by molar-refractivity contribution is 8.00. The Morgan fingerprint density at radius 3 is 2.64 bits per heavy atom. The van der Waals surface area contributed by atoms with Gasteiger partial charge < -0.3 is 5.32 Å². The van der Waals surface area contributed by atoms with E-state index in [0.29, 0.717) is 29.4 Å². The van der Waals surface area contributed by atoms with Crippen molar-refractivity contribution in [3.05, 3.63) is 71.3 Å². The first-order chi connectivity index (χ1) is 16.1. The van der Waals surface area contributed by atoms with Gasteiger partial charge in [-0.1, -0.05) is 65.6 Å². The maximum Gasteiger partial charge on any atom is 0.243 e. The second kappa shape index (κ2) is 10.8. The quantitative estimate of drug-likeness (QED) is 0.388. The predicted molar refractivity (Wildman–Crippen MR) is 128 cm³/mol. The third-order valence-corrected chi connectivity index (χ3v) is 6.90. The van der Waals surface area contributed by atoms with E-state index in [1.54, 1.807) is 12.1 Å². The summed E-state index contributed by atoms with van der Waals surface area (Å²) >= 11 is 2.79. The average Bonchev–Trinajstić information content (AvgIpc) is 3.52. The summed E-state index contributed by atoms with van der Waals surface area (Å²) in [6.45, 7) is 0.529. The molecule has 0 radical (unpaired) electrons. The van der Waals surface area contributed by atoms with Crippen LogP contribution in [0.5, 0.6) is 0 Å². The van der Waals surface area contributed by atoms with Crippen LogP contribution in [-0.4, -0.2) is 39.3 Å². The van der Waals surface area contributed by atoms with Crippen molar-refractivity contribution in [1.29, 1.82) is 5.26 Å². The second-order valence-electron chi connectivity index (χ2n) is 7.20. The highest BCUT2D eigenvalue weighted by atomic mass is 32.2. The molecule has 2 aromatic carbocycles. The fraction of sp³-hybridized carbons (Fsp3) is 0.217. The number of nitriles is 1. The van der Waals surface area contributed by atoms with Gasteiger partial charge in [-0.05, 0) is 23.3 Å². The molecule has 1 N–H and O–H groups in total. The molecule has 4 rings (SSSR count). The molecule has 0 unspecified atom stereocenters. The van der Waals surface area contributed by atoms with E-state index < -0.39 is 0 Å². The van der Waals surface area contributed by atoms with E-state index in [-0.39, 0.29) is 24.7 Å². The van der Waals surface area contributed by atoms with Crippen molar-refractivity contribution in [2.75, 3.05) is 11.9 Å². The van der Waals surface area contributed by atoms with Gasteiger partial charge in [0.1, 0.15) is 0 Å². The number of hydrazone groups is 1. The van der Waals surface area contributed by atoms with Gasteiger partial charge in [0.15, 0.2) is 4.34 Å². The molecule has 0 aliphatic carbocycles. The molecule has 2 heterocycles. The number of hydrogen-bond donors (Lipinski definition) is 1. The molecule has 0 saturated carbocycles. The van der Waals surface area contributed by atoms with Crippen molar-refractivity contribution >= 4 is 45.8 Å². The molecule has 3 aromatic rings. The van der Waals surface area contributed by atoms with Crippen molar-refractivity contribution in [3.8, 4) is 6.07 Å². The summed E-state index contributed by atoms with van der Waals surface area (Å²) in [5.41, 5.74) is 3.58. The van der Waals surface area contributed by atoms with E-state index in [2.05, 4.69) is 26.7 Å². The fourth-order valence-corrected chi connectivity index (χ4v) is 4.87. The number of carbonyl (C=O) groups excluding carboxylic acids is 2. The topological polar surface area (TPSA) is 111 Å². The average molecular weight is 477 g/mol. The van der Waals surface area contributed by atoms with Crippen molar-refractivity contribution in [3.63, 3.8) is 0 Å². The van der Waals surface area contributed by atoms with E-state index in [1.165, 1.54) is 28.1 Å². The number of carbonyl (C=O) groups is 2. The molecule has 0 saturated heterocycles. The van der Waals surface area contributed by atoms with Crippen molar-refractivity contribution in [2.24, 2.45) is 5.10 Å². The number of benzene rings is 2. The minimum atomic E-state index is -0.283. The van der Waals surface area contributed by atoms with Crippen LogP contribution in [0.3, 0.4) is 0 Å². The van der Waals surface area contributed by atoms with Gasteiger partial charge >= 0.3 is 0 Å². The molecule has 8 nitrogen and oxygen atoms in total. The molecular formula is C23H20N6O2S2. The van der Waals surface area contributed by atoms with Crippen LogP contribution in [0.4, 0.5) is 5.13 Å². The molecule has 0 bridgehead atoms. The summed E-state index contributed by atoms with van der Waals surface area (Å²) in [7, 11) is 0. The summed E-state index contributed by atoms with van der Waals surface area (Å²) in [6.07, 6.45) is 0.838. The smallest absolute Gasteiger partial charge is 0.243 e. The number of aromatic nitrogens is 2. The Kier molecular flexibility index (Phi) is 7.44. The van der Waals surface area contributed by atoms with Crippen LogP contribution in [0.2, 0.25) is 0 Å². The zero-order valence-electron chi connectivity index (χ0n) is 17.6. The summed E-state index contributed by atoms with van der Waals surface area (Å²) < 4.78 is 0.727. The highest BCUT2D eigenvalue weighted by Crippen LogP contribution is 2.28. The molecule has 2 amide bonds. The number of anilines is 1. The van der Waals surface area contributed by atoms with Crippen LogP contribution in [0.15, 0.2) is 64.0 Å². The zero-order chi connectivity index (χ0) is 23.0. The molecule has 1 aromatic heterocycles. The highest BCUT2D eigenvalue weighted by Gasteiger charge is 2.22. The Bertz CT molecular complexity index is 1200. The third kappa shape index (κ3) is 6.25. The first-order valence-corrected chi connectivity index (χ1v) is 12.1. The Morgan fingerprint density at radius 2 is 1.88 bits per heavy atom. The summed E-state index contributed by atoms with van der Waals surface area (Å²) in [4.78, 5) is 24.7. The number of hydrogen-bond acceptors (Lipinski definition) is 8. The molecule has 0 spiro atoms. The lowest BCUT2D eigenvalue weighted by Crippen LogP contribution is -2.24. The molecular weight excluding hydrogens is 456 g/mol. The molecule has 0 atom stereocenters. The molecule has 0 fully saturated rings. The number of amides is 2. The number of rotatable bonds is 8. The van der Waals surface area contributed by atoms with E-state index in [4.69, 9.17) is 5.26 Å². The van der Waals surface area contributed by atoms with E-state index in [0.717, 1.165) is 21.2 Å². The predicted octanol–water partition coefficient (Wildman–Crippen LogP) is 4.06. The summed E-state index contributed by atoms with van der Waals surface area (Å²) in [5, 5.41) is 25.9. The number of nitrogens with one attached hydrogen (secondary N) is 1. The molecule has 1 aliphatic heterocycles. The van der Waals surface area contributed by atoms with Gasteiger partial charge in [0.2, 0.25) is 16.9 Å². The van der Waals surface area contributed by atoms with Crippen LogP contribution in [0.25, 0.3) is 0 Å². The van der Waals surface area contributed by atoms with Crippen LogP contribution in [-0.2, 0) is 15.3 Å². The number of thioether (sulfide) groups is 1. The van der Waals surface area contributed by atoms with Crippen LogP contribution < -0.4 is 5.32 Å². The van der Waals surface area contributed by atoms with Gasteiger partial charge in [-0.2, -0.15) is 10.4 Å². The molecule has 10 heteroatoms. The van der Waals surface area contributed by atoms with E-state index >= 15 is 0 Å². The van der Waals surface area contributed by atoms with Crippen molar-refractivity contribution in [1.82, 2.24) is 15.2 Å². The van der Waals surface area contributed by atoms with Crippen molar-refractivity contribution < 1.29 is 9.59 Å². The number of nitrogens with zero attached hydrogens (tertiary/aromatic N) is 5. The third-order valence-electron chi connectivity index (χ3n) is 4.86.